The molecule has 0 aliphatic carbocycles. The Balaban J connectivity index is 1.28. The van der Waals surface area contributed by atoms with Crippen LogP contribution in [0.4, 0.5) is 10.5 Å². The second-order valence-electron chi connectivity index (χ2n) is 7.18. The standard InChI is InChI=1S/C22H22BrN5O2/c23-17-14-24-28(15-17)20-8-6-16(7-9-20)21(29)27-12-10-19(11-13-27)26-22(30)25-18-4-2-1-3-5-18/h1-9,14-15,19H,10-13H2,(H2,25,26,30). The molecule has 7 nitrogen and oxygen atoms in total. The zero-order valence-electron chi connectivity index (χ0n) is 16.3. The molecule has 8 heteroatoms. The molecule has 2 N–H and O–H groups in total. The molecule has 2 heterocycles. The lowest BCUT2D eigenvalue weighted by atomic mass is 10.0. The molecule has 4 rings (SSSR count). The third kappa shape index (κ3) is 4.88. The van der Waals surface area contributed by atoms with Crippen LogP contribution in [-0.4, -0.2) is 45.8 Å². The van der Waals surface area contributed by atoms with E-state index < -0.39 is 0 Å². The molecule has 0 saturated carbocycles. The predicted octanol–water partition coefficient (Wildman–Crippen LogP) is 4.06. The van der Waals surface area contributed by atoms with Crippen LogP contribution in [0, 0.1) is 0 Å². The Bertz CT molecular complexity index is 1010. The molecule has 1 aromatic heterocycles. The molecule has 30 heavy (non-hydrogen) atoms. The van der Waals surface area contributed by atoms with Gasteiger partial charge in [-0.25, -0.2) is 9.48 Å². The van der Waals surface area contributed by atoms with Crippen LogP contribution in [0.5, 0.6) is 0 Å². The Hall–Kier alpha value is -3.13. The van der Waals surface area contributed by atoms with E-state index in [1.165, 1.54) is 0 Å². The van der Waals surface area contributed by atoms with E-state index in [4.69, 9.17) is 0 Å². The van der Waals surface area contributed by atoms with Crippen molar-refractivity contribution in [3.05, 3.63) is 77.0 Å². The highest BCUT2D eigenvalue weighted by molar-refractivity contribution is 9.10. The van der Waals surface area contributed by atoms with Crippen molar-refractivity contribution in [2.45, 2.75) is 18.9 Å². The predicted molar refractivity (Wildman–Crippen MR) is 119 cm³/mol. The van der Waals surface area contributed by atoms with Crippen molar-refractivity contribution in [2.75, 3.05) is 18.4 Å². The van der Waals surface area contributed by atoms with Crippen molar-refractivity contribution >= 4 is 33.6 Å². The summed E-state index contributed by atoms with van der Waals surface area (Å²) in [6.07, 6.45) is 5.04. The maximum atomic E-state index is 12.8. The minimum absolute atomic E-state index is 0.00961. The summed E-state index contributed by atoms with van der Waals surface area (Å²) >= 11 is 3.38. The van der Waals surface area contributed by atoms with Crippen LogP contribution < -0.4 is 10.6 Å². The third-order valence-corrected chi connectivity index (χ3v) is 5.49. The first-order valence-corrected chi connectivity index (χ1v) is 10.6. The molecule has 1 saturated heterocycles. The first-order chi connectivity index (χ1) is 14.6. The highest BCUT2D eigenvalue weighted by Crippen LogP contribution is 2.17. The van der Waals surface area contributed by atoms with E-state index >= 15 is 0 Å². The molecule has 3 amide bonds. The largest absolute Gasteiger partial charge is 0.338 e. The van der Waals surface area contributed by atoms with Gasteiger partial charge in [-0.3, -0.25) is 4.79 Å². The molecule has 154 valence electrons. The zero-order valence-corrected chi connectivity index (χ0v) is 17.9. The Morgan fingerprint density at radius 1 is 1.00 bits per heavy atom. The van der Waals surface area contributed by atoms with E-state index in [9.17, 15) is 9.59 Å². The van der Waals surface area contributed by atoms with Gasteiger partial charge in [0.25, 0.3) is 5.91 Å². The van der Waals surface area contributed by atoms with Crippen molar-refractivity contribution < 1.29 is 9.59 Å². The monoisotopic (exact) mass is 467 g/mol. The summed E-state index contributed by atoms with van der Waals surface area (Å²) in [6.45, 7) is 1.23. The average Bonchev–Trinajstić information content (AvgIpc) is 3.21. The second kappa shape index (κ2) is 9.13. The number of carbonyl (C=O) groups is 2. The number of nitrogens with zero attached hydrogens (tertiary/aromatic N) is 3. The van der Waals surface area contributed by atoms with Crippen LogP contribution in [0.3, 0.4) is 0 Å². The maximum absolute atomic E-state index is 12.8. The summed E-state index contributed by atoms with van der Waals surface area (Å²) in [5, 5.41) is 10.1. The van der Waals surface area contributed by atoms with Crippen molar-refractivity contribution in [3.63, 3.8) is 0 Å². The van der Waals surface area contributed by atoms with Gasteiger partial charge in [-0.2, -0.15) is 5.10 Å². The number of hydrogen-bond donors (Lipinski definition) is 2. The number of rotatable bonds is 4. The van der Waals surface area contributed by atoms with E-state index in [2.05, 4.69) is 31.7 Å². The van der Waals surface area contributed by atoms with Crippen LogP contribution >= 0.6 is 15.9 Å². The molecule has 0 bridgehead atoms. The third-order valence-electron chi connectivity index (χ3n) is 5.08. The summed E-state index contributed by atoms with van der Waals surface area (Å²) in [5.74, 6) is 0.00961. The number of halogens is 1. The van der Waals surface area contributed by atoms with Crippen molar-refractivity contribution in [3.8, 4) is 5.69 Å². The smallest absolute Gasteiger partial charge is 0.319 e. The highest BCUT2D eigenvalue weighted by atomic mass is 79.9. The van der Waals surface area contributed by atoms with E-state index in [1.807, 2.05) is 65.7 Å². The molecule has 0 unspecified atom stereocenters. The Morgan fingerprint density at radius 3 is 2.33 bits per heavy atom. The van der Waals surface area contributed by atoms with Gasteiger partial charge in [0.1, 0.15) is 0 Å². The van der Waals surface area contributed by atoms with E-state index in [-0.39, 0.29) is 18.0 Å². The molecule has 2 aromatic carbocycles. The normalized spacial score (nSPS) is 14.4. The van der Waals surface area contributed by atoms with Crippen molar-refractivity contribution in [2.24, 2.45) is 0 Å². The van der Waals surface area contributed by atoms with Gasteiger partial charge in [0.2, 0.25) is 0 Å². The first kappa shape index (κ1) is 20.2. The first-order valence-electron chi connectivity index (χ1n) is 9.81. The molecule has 0 spiro atoms. The van der Waals surface area contributed by atoms with Gasteiger partial charge in [0, 0.05) is 36.6 Å². The fourth-order valence-corrected chi connectivity index (χ4v) is 3.77. The number of aromatic nitrogens is 2. The van der Waals surface area contributed by atoms with E-state index in [1.54, 1.807) is 10.9 Å². The number of anilines is 1. The summed E-state index contributed by atoms with van der Waals surface area (Å²) in [7, 11) is 0. The quantitative estimate of drug-likeness (QED) is 0.606. The number of piperidine rings is 1. The van der Waals surface area contributed by atoms with Crippen molar-refractivity contribution in [1.29, 1.82) is 0 Å². The van der Waals surface area contributed by atoms with Gasteiger partial charge >= 0.3 is 6.03 Å². The number of nitrogens with one attached hydrogen (secondary N) is 2. The fourth-order valence-electron chi connectivity index (χ4n) is 3.48. The molecule has 1 aliphatic rings. The number of likely N-dealkylation sites (tertiary alicyclic amines) is 1. The van der Waals surface area contributed by atoms with Crippen LogP contribution in [0.15, 0.2) is 71.5 Å². The Labute approximate surface area is 183 Å². The summed E-state index contributed by atoms with van der Waals surface area (Å²) in [4.78, 5) is 26.8. The Morgan fingerprint density at radius 2 is 1.70 bits per heavy atom. The minimum Gasteiger partial charge on any atom is -0.338 e. The van der Waals surface area contributed by atoms with Crippen LogP contribution in [-0.2, 0) is 0 Å². The number of urea groups is 1. The SMILES string of the molecule is O=C(Nc1ccccc1)NC1CCN(C(=O)c2ccc(-n3cc(Br)cn3)cc2)CC1. The summed E-state index contributed by atoms with van der Waals surface area (Å²) < 4.78 is 2.65. The van der Waals surface area contributed by atoms with E-state index in [0.29, 0.717) is 18.7 Å². The zero-order chi connectivity index (χ0) is 20.9. The fraction of sp³-hybridized carbons (Fsp3) is 0.227. The maximum Gasteiger partial charge on any atom is 0.319 e. The lowest BCUT2D eigenvalue weighted by Crippen LogP contribution is -2.47. The summed E-state index contributed by atoms with van der Waals surface area (Å²) in [5.41, 5.74) is 2.30. The number of benzene rings is 2. The molecular formula is C22H22BrN5O2. The lowest BCUT2D eigenvalue weighted by Gasteiger charge is -2.32. The minimum atomic E-state index is -0.216. The summed E-state index contributed by atoms with van der Waals surface area (Å²) in [6, 6.07) is 16.6. The van der Waals surface area contributed by atoms with Gasteiger partial charge in [0.15, 0.2) is 0 Å². The molecular weight excluding hydrogens is 446 g/mol. The molecule has 3 aromatic rings. The topological polar surface area (TPSA) is 79.3 Å². The van der Waals surface area contributed by atoms with Crippen LogP contribution in [0.2, 0.25) is 0 Å². The van der Waals surface area contributed by atoms with Gasteiger partial charge in [-0.15, -0.1) is 0 Å². The number of hydrogen-bond acceptors (Lipinski definition) is 3. The average molecular weight is 468 g/mol. The number of carbonyl (C=O) groups excluding carboxylic acids is 2. The van der Waals surface area contributed by atoms with Crippen molar-refractivity contribution in [1.82, 2.24) is 20.0 Å². The van der Waals surface area contributed by atoms with Crippen LogP contribution in [0.1, 0.15) is 23.2 Å². The molecule has 0 atom stereocenters. The number of amides is 3. The van der Waals surface area contributed by atoms with Gasteiger partial charge in [-0.1, -0.05) is 18.2 Å². The van der Waals surface area contributed by atoms with Gasteiger partial charge in [-0.05, 0) is 65.2 Å². The number of para-hydroxylation sites is 1. The lowest BCUT2D eigenvalue weighted by molar-refractivity contribution is 0.0709. The van der Waals surface area contributed by atoms with E-state index in [0.717, 1.165) is 28.7 Å². The Kier molecular flexibility index (Phi) is 6.13. The molecule has 1 aliphatic heterocycles. The molecule has 1 fully saturated rings. The van der Waals surface area contributed by atoms with Crippen LogP contribution in [0.25, 0.3) is 5.69 Å². The molecule has 0 radical (unpaired) electrons. The second-order valence-corrected chi connectivity index (χ2v) is 8.10. The highest BCUT2D eigenvalue weighted by Gasteiger charge is 2.24. The van der Waals surface area contributed by atoms with Gasteiger partial charge in [0.05, 0.1) is 16.4 Å². The van der Waals surface area contributed by atoms with Gasteiger partial charge < -0.3 is 15.5 Å².